The second kappa shape index (κ2) is 9.05. The quantitative estimate of drug-likeness (QED) is 0.685. The first-order valence-corrected chi connectivity index (χ1v) is 10.9. The van der Waals surface area contributed by atoms with Gasteiger partial charge in [-0.2, -0.15) is 0 Å². The van der Waals surface area contributed by atoms with Crippen LogP contribution in [0, 0.1) is 6.92 Å². The maximum absolute atomic E-state index is 12.2. The molecular weight excluding hydrogens is 390 g/mol. The van der Waals surface area contributed by atoms with E-state index in [9.17, 15) is 18.0 Å². The molecule has 2 aromatic rings. The lowest BCUT2D eigenvalue weighted by molar-refractivity contribution is -0.115. The van der Waals surface area contributed by atoms with E-state index in [0.29, 0.717) is 11.6 Å². The number of aromatic nitrogens is 1. The first-order chi connectivity index (χ1) is 12.7. The number of sulfone groups is 1. The first-order valence-electron chi connectivity index (χ1n) is 8.20. The molecule has 0 aliphatic rings. The number of rotatable bonds is 8. The molecule has 0 aliphatic heterocycles. The molecule has 1 unspecified atom stereocenters. The molecular formula is C17H21N3O5S2. The summed E-state index contributed by atoms with van der Waals surface area (Å²) < 4.78 is 29.1. The van der Waals surface area contributed by atoms with Crippen LogP contribution in [0.5, 0.6) is 0 Å². The molecule has 2 amide bonds. The van der Waals surface area contributed by atoms with Crippen molar-refractivity contribution in [3.05, 3.63) is 36.1 Å². The minimum atomic E-state index is -3.45. The van der Waals surface area contributed by atoms with E-state index >= 15 is 0 Å². The Morgan fingerprint density at radius 1 is 1.26 bits per heavy atom. The third-order valence-electron chi connectivity index (χ3n) is 3.59. The van der Waals surface area contributed by atoms with Gasteiger partial charge in [-0.05, 0) is 26.0 Å². The van der Waals surface area contributed by atoms with Crippen LogP contribution in [-0.4, -0.2) is 42.1 Å². The van der Waals surface area contributed by atoms with Gasteiger partial charge in [-0.25, -0.2) is 8.42 Å². The number of thioether (sulfide) groups is 1. The number of nitrogens with one attached hydrogen (secondary N) is 2. The summed E-state index contributed by atoms with van der Waals surface area (Å²) in [4.78, 5) is 24.4. The molecule has 27 heavy (non-hydrogen) atoms. The molecule has 0 spiro atoms. The van der Waals surface area contributed by atoms with Crippen molar-refractivity contribution in [2.45, 2.75) is 30.9 Å². The minimum Gasteiger partial charge on any atom is -0.360 e. The van der Waals surface area contributed by atoms with Crippen molar-refractivity contribution in [1.82, 2.24) is 5.16 Å². The molecule has 0 saturated heterocycles. The van der Waals surface area contributed by atoms with Crippen molar-refractivity contribution in [2.24, 2.45) is 0 Å². The second-order valence-corrected chi connectivity index (χ2v) is 9.29. The van der Waals surface area contributed by atoms with Gasteiger partial charge in [0.05, 0.1) is 27.3 Å². The van der Waals surface area contributed by atoms with E-state index in [4.69, 9.17) is 4.52 Å². The molecule has 1 aromatic heterocycles. The summed E-state index contributed by atoms with van der Waals surface area (Å²) in [5.41, 5.74) is 0.236. The Morgan fingerprint density at radius 3 is 2.59 bits per heavy atom. The van der Waals surface area contributed by atoms with E-state index < -0.39 is 21.0 Å². The molecule has 146 valence electrons. The molecule has 10 heteroatoms. The topological polar surface area (TPSA) is 118 Å². The number of aryl methyl sites for hydroxylation is 1. The van der Waals surface area contributed by atoms with Crippen molar-refractivity contribution >= 4 is 44.9 Å². The summed E-state index contributed by atoms with van der Waals surface area (Å²) in [6.45, 7) is 4.91. The summed E-state index contributed by atoms with van der Waals surface area (Å²) >= 11 is 1.13. The Morgan fingerprint density at radius 2 is 1.96 bits per heavy atom. The Hall–Kier alpha value is -2.33. The summed E-state index contributed by atoms with van der Waals surface area (Å²) in [5, 5.41) is 8.36. The van der Waals surface area contributed by atoms with E-state index in [1.165, 1.54) is 12.1 Å². The van der Waals surface area contributed by atoms with Gasteiger partial charge in [0.15, 0.2) is 15.7 Å². The van der Waals surface area contributed by atoms with Gasteiger partial charge in [0.2, 0.25) is 11.8 Å². The highest BCUT2D eigenvalue weighted by Crippen LogP contribution is 2.22. The Labute approximate surface area is 162 Å². The molecule has 2 N–H and O–H groups in total. The fourth-order valence-electron chi connectivity index (χ4n) is 2.11. The van der Waals surface area contributed by atoms with Crippen LogP contribution in [0.15, 0.2) is 39.8 Å². The maximum Gasteiger partial charge on any atom is 0.238 e. The summed E-state index contributed by atoms with van der Waals surface area (Å²) in [5.74, 6) is 0.116. The largest absolute Gasteiger partial charge is 0.360 e. The zero-order chi connectivity index (χ0) is 20.0. The fourth-order valence-corrected chi connectivity index (χ4v) is 3.85. The lowest BCUT2D eigenvalue weighted by Crippen LogP contribution is -2.25. The second-order valence-electron chi connectivity index (χ2n) is 5.71. The Kier molecular flexibility index (Phi) is 7.03. The smallest absolute Gasteiger partial charge is 0.238 e. The number of amides is 2. The third kappa shape index (κ3) is 5.83. The summed E-state index contributed by atoms with van der Waals surface area (Å²) in [7, 11) is -3.45. The van der Waals surface area contributed by atoms with Gasteiger partial charge in [-0.15, -0.1) is 11.8 Å². The number of carbonyl (C=O) groups excluding carboxylic acids is 2. The van der Waals surface area contributed by atoms with Gasteiger partial charge in [0, 0.05) is 6.07 Å². The highest BCUT2D eigenvalue weighted by molar-refractivity contribution is 8.01. The molecule has 1 heterocycles. The van der Waals surface area contributed by atoms with E-state index in [1.54, 1.807) is 39.0 Å². The SMILES string of the molecule is CCS(=O)(=O)c1ccccc1NC(=O)CSC(C)C(=O)Nc1cc(C)on1. The number of hydrogen-bond donors (Lipinski definition) is 2. The van der Waals surface area contributed by atoms with E-state index in [2.05, 4.69) is 15.8 Å². The average molecular weight is 412 g/mol. The van der Waals surface area contributed by atoms with Crippen molar-refractivity contribution in [1.29, 1.82) is 0 Å². The third-order valence-corrected chi connectivity index (χ3v) is 6.52. The molecule has 0 aliphatic carbocycles. The molecule has 0 bridgehead atoms. The van der Waals surface area contributed by atoms with Gasteiger partial charge in [0.25, 0.3) is 0 Å². The molecule has 1 atom stereocenters. The highest BCUT2D eigenvalue weighted by Gasteiger charge is 2.19. The molecule has 0 radical (unpaired) electrons. The van der Waals surface area contributed by atoms with Gasteiger partial charge < -0.3 is 15.2 Å². The lowest BCUT2D eigenvalue weighted by atomic mass is 10.3. The van der Waals surface area contributed by atoms with Gasteiger partial charge in [-0.3, -0.25) is 9.59 Å². The summed E-state index contributed by atoms with van der Waals surface area (Å²) in [6, 6.07) is 7.83. The zero-order valence-electron chi connectivity index (χ0n) is 15.2. The zero-order valence-corrected chi connectivity index (χ0v) is 16.8. The number of carbonyl (C=O) groups is 2. The van der Waals surface area contributed by atoms with Crippen LogP contribution in [0.25, 0.3) is 0 Å². The predicted octanol–water partition coefficient (Wildman–Crippen LogP) is 2.48. The number of para-hydroxylation sites is 1. The molecule has 8 nitrogen and oxygen atoms in total. The van der Waals surface area contributed by atoms with Gasteiger partial charge in [0.1, 0.15) is 5.76 Å². The number of anilines is 2. The average Bonchev–Trinajstić information content (AvgIpc) is 3.04. The van der Waals surface area contributed by atoms with Gasteiger partial charge >= 0.3 is 0 Å². The van der Waals surface area contributed by atoms with Crippen molar-refractivity contribution in [3.8, 4) is 0 Å². The highest BCUT2D eigenvalue weighted by atomic mass is 32.2. The minimum absolute atomic E-state index is 0.00701. The van der Waals surface area contributed by atoms with Crippen LogP contribution in [0.2, 0.25) is 0 Å². The van der Waals surface area contributed by atoms with E-state index in [0.717, 1.165) is 11.8 Å². The number of benzene rings is 1. The van der Waals surface area contributed by atoms with Crippen molar-refractivity contribution in [3.63, 3.8) is 0 Å². The van der Waals surface area contributed by atoms with Crippen LogP contribution in [0.4, 0.5) is 11.5 Å². The number of hydrogen-bond acceptors (Lipinski definition) is 7. The monoisotopic (exact) mass is 411 g/mol. The summed E-state index contributed by atoms with van der Waals surface area (Å²) in [6.07, 6.45) is 0. The molecule has 2 rings (SSSR count). The van der Waals surface area contributed by atoms with Crippen LogP contribution < -0.4 is 10.6 Å². The Bertz CT molecular complexity index is 924. The van der Waals surface area contributed by atoms with Crippen LogP contribution in [0.1, 0.15) is 19.6 Å². The van der Waals surface area contributed by atoms with Gasteiger partial charge in [-0.1, -0.05) is 24.2 Å². The standard InChI is InChI=1S/C17H21N3O5S2/c1-4-27(23,24)14-8-6-5-7-13(14)18-16(21)10-26-12(3)17(22)19-15-9-11(2)25-20-15/h5-9,12H,4,10H2,1-3H3,(H,18,21)(H,19,20,22). The number of nitrogens with zero attached hydrogens (tertiary/aromatic N) is 1. The normalized spacial score (nSPS) is 12.4. The van der Waals surface area contributed by atoms with Crippen LogP contribution in [0.3, 0.4) is 0 Å². The first kappa shape index (κ1) is 21.0. The van der Waals surface area contributed by atoms with E-state index in [-0.39, 0.29) is 28.0 Å². The van der Waals surface area contributed by atoms with E-state index in [1.807, 2.05) is 0 Å². The fraction of sp³-hybridized carbons (Fsp3) is 0.353. The molecule has 0 fully saturated rings. The van der Waals surface area contributed by atoms with Crippen LogP contribution >= 0.6 is 11.8 Å². The Balaban J connectivity index is 1.92. The maximum atomic E-state index is 12.2. The van der Waals surface area contributed by atoms with Crippen molar-refractivity contribution in [2.75, 3.05) is 22.1 Å². The molecule has 1 aromatic carbocycles. The predicted molar refractivity (Wildman–Crippen MR) is 105 cm³/mol. The lowest BCUT2D eigenvalue weighted by Gasteiger charge is -2.12. The van der Waals surface area contributed by atoms with Crippen LogP contribution in [-0.2, 0) is 19.4 Å². The van der Waals surface area contributed by atoms with Crippen molar-refractivity contribution < 1.29 is 22.5 Å². The molecule has 0 saturated carbocycles.